The van der Waals surface area contributed by atoms with E-state index in [1.165, 1.54) is 4.90 Å². The highest BCUT2D eigenvalue weighted by atomic mass is 35.5. The van der Waals surface area contributed by atoms with E-state index < -0.39 is 6.09 Å². The van der Waals surface area contributed by atoms with Gasteiger partial charge < -0.3 is 14.7 Å². The quantitative estimate of drug-likeness (QED) is 0.438. The summed E-state index contributed by atoms with van der Waals surface area (Å²) < 4.78 is 5.81. The number of para-hydroxylation sites is 1. The number of hydrogen-bond donors (Lipinski definition) is 1. The first-order chi connectivity index (χ1) is 15.5. The van der Waals surface area contributed by atoms with Gasteiger partial charge in [-0.2, -0.15) is 5.26 Å². The molecule has 0 saturated carbocycles. The molecule has 1 aromatic heterocycles. The molecular weight excluding hydrogens is 449 g/mol. The first-order valence-electron chi connectivity index (χ1n) is 10.1. The average molecular weight is 468 g/mol. The number of hydrogen-bond acceptors (Lipinski definition) is 4. The number of benzene rings is 2. The Labute approximate surface area is 195 Å². The molecule has 1 fully saturated rings. The van der Waals surface area contributed by atoms with Crippen LogP contribution in [0.2, 0.25) is 10.2 Å². The van der Waals surface area contributed by atoms with E-state index >= 15 is 0 Å². The van der Waals surface area contributed by atoms with E-state index in [0.717, 1.165) is 6.42 Å². The second-order valence-electron chi connectivity index (χ2n) is 7.45. The molecule has 1 N–H and O–H groups in total. The van der Waals surface area contributed by atoms with Gasteiger partial charge in [-0.15, -0.1) is 0 Å². The van der Waals surface area contributed by atoms with Crippen LogP contribution >= 0.6 is 23.2 Å². The number of carboxylic acid groups (broad SMARTS) is 1. The number of ether oxygens (including phenoxy) is 1. The number of nitrogens with zero attached hydrogens (tertiary/aromatic N) is 3. The summed E-state index contributed by atoms with van der Waals surface area (Å²) in [4.78, 5) is 17.3. The summed E-state index contributed by atoms with van der Waals surface area (Å²) in [5, 5.41) is 19.6. The lowest BCUT2D eigenvalue weighted by molar-refractivity contribution is 0.140. The Morgan fingerprint density at radius 3 is 2.50 bits per heavy atom. The molecular formula is C24H19Cl2N3O3. The Morgan fingerprint density at radius 2 is 1.84 bits per heavy atom. The minimum atomic E-state index is -0.970. The fourth-order valence-electron chi connectivity index (χ4n) is 3.89. The molecule has 2 aromatic carbocycles. The third-order valence-electron chi connectivity index (χ3n) is 5.46. The number of pyridine rings is 1. The molecule has 0 spiro atoms. The molecule has 1 atom stereocenters. The highest BCUT2D eigenvalue weighted by molar-refractivity contribution is 6.36. The third-order valence-corrected chi connectivity index (χ3v) is 6.19. The van der Waals surface area contributed by atoms with E-state index in [9.17, 15) is 15.2 Å². The summed E-state index contributed by atoms with van der Waals surface area (Å²) in [6.07, 6.45) is 0.837. The van der Waals surface area contributed by atoms with Gasteiger partial charge >= 0.3 is 6.09 Å². The Morgan fingerprint density at radius 1 is 1.16 bits per heavy atom. The predicted molar refractivity (Wildman–Crippen MR) is 122 cm³/mol. The number of rotatable bonds is 5. The lowest BCUT2D eigenvalue weighted by atomic mass is 10.00. The normalized spacial score (nSPS) is 15.4. The maximum Gasteiger partial charge on any atom is 0.407 e. The van der Waals surface area contributed by atoms with Crippen molar-refractivity contribution < 1.29 is 14.6 Å². The fourth-order valence-corrected chi connectivity index (χ4v) is 4.50. The van der Waals surface area contributed by atoms with E-state index in [2.05, 4.69) is 11.1 Å². The van der Waals surface area contributed by atoms with E-state index in [1.807, 2.05) is 30.3 Å². The van der Waals surface area contributed by atoms with Gasteiger partial charge in [0.1, 0.15) is 22.7 Å². The van der Waals surface area contributed by atoms with Gasteiger partial charge in [-0.3, -0.25) is 0 Å². The van der Waals surface area contributed by atoms with Crippen LogP contribution in [-0.2, 0) is 6.42 Å². The van der Waals surface area contributed by atoms with E-state index in [0.29, 0.717) is 47.7 Å². The van der Waals surface area contributed by atoms with Crippen molar-refractivity contribution in [3.05, 3.63) is 75.9 Å². The second-order valence-corrected chi connectivity index (χ2v) is 8.18. The number of aromatic nitrogens is 1. The predicted octanol–water partition coefficient (Wildman–Crippen LogP) is 6.40. The summed E-state index contributed by atoms with van der Waals surface area (Å²) >= 11 is 13.0. The number of amides is 1. The van der Waals surface area contributed by atoms with Crippen molar-refractivity contribution in [3.8, 4) is 28.8 Å². The summed E-state index contributed by atoms with van der Waals surface area (Å²) in [6, 6.07) is 18.4. The summed E-state index contributed by atoms with van der Waals surface area (Å²) in [6.45, 7) is 0.475. The lowest BCUT2D eigenvalue weighted by Gasteiger charge is -2.22. The molecule has 0 aliphatic carbocycles. The number of halogens is 2. The van der Waals surface area contributed by atoms with E-state index in [4.69, 9.17) is 27.9 Å². The highest BCUT2D eigenvalue weighted by Crippen LogP contribution is 2.36. The van der Waals surface area contributed by atoms with Crippen LogP contribution in [0, 0.1) is 11.3 Å². The van der Waals surface area contributed by atoms with Crippen molar-refractivity contribution in [1.82, 2.24) is 9.88 Å². The smallest absolute Gasteiger partial charge is 0.407 e. The first-order valence-corrected chi connectivity index (χ1v) is 10.8. The minimum Gasteiger partial charge on any atom is -0.465 e. The zero-order valence-corrected chi connectivity index (χ0v) is 18.5. The van der Waals surface area contributed by atoms with Gasteiger partial charge in [0.05, 0.1) is 16.3 Å². The molecule has 0 radical (unpaired) electrons. The Bertz CT molecular complexity index is 1180. The maximum absolute atomic E-state index is 11.5. The highest BCUT2D eigenvalue weighted by Gasteiger charge is 2.31. The Kier molecular flexibility index (Phi) is 6.50. The Balaban J connectivity index is 1.62. The van der Waals surface area contributed by atoms with Crippen LogP contribution in [0.25, 0.3) is 11.3 Å². The first kappa shape index (κ1) is 21.9. The van der Waals surface area contributed by atoms with Gasteiger partial charge in [-0.25, -0.2) is 9.78 Å². The SMILES string of the molecule is N#Cc1c(-c2ccc(Oc3ccccc3)cc2)nc(Cl)c(CC2CCCN2C(=O)O)c1Cl. The molecule has 2 heterocycles. The van der Waals surface area contributed by atoms with Gasteiger partial charge in [-0.05, 0) is 55.7 Å². The molecule has 1 amide bonds. The van der Waals surface area contributed by atoms with Crippen LogP contribution in [0.3, 0.4) is 0 Å². The summed E-state index contributed by atoms with van der Waals surface area (Å²) in [5.41, 5.74) is 1.75. The molecule has 8 heteroatoms. The monoisotopic (exact) mass is 467 g/mol. The lowest BCUT2D eigenvalue weighted by Crippen LogP contribution is -2.35. The fraction of sp³-hybridized carbons (Fsp3) is 0.208. The van der Waals surface area contributed by atoms with Crippen molar-refractivity contribution in [2.45, 2.75) is 25.3 Å². The standard InChI is InChI=1S/C24H19Cl2N3O3/c25-21-19(13-16-5-4-12-29(16)24(30)31)23(26)28-22(20(21)14-27)15-8-10-18(11-9-15)32-17-6-2-1-3-7-17/h1-3,6-11,16H,4-5,12-13H2,(H,30,31). The van der Waals surface area contributed by atoms with Gasteiger partial charge in [0, 0.05) is 23.7 Å². The molecule has 6 nitrogen and oxygen atoms in total. The largest absolute Gasteiger partial charge is 0.465 e. The molecule has 1 aliphatic heterocycles. The second kappa shape index (κ2) is 9.47. The van der Waals surface area contributed by atoms with Crippen LogP contribution < -0.4 is 4.74 Å². The summed E-state index contributed by atoms with van der Waals surface area (Å²) in [5.74, 6) is 1.36. The summed E-state index contributed by atoms with van der Waals surface area (Å²) in [7, 11) is 0. The molecule has 32 heavy (non-hydrogen) atoms. The topological polar surface area (TPSA) is 86.5 Å². The van der Waals surface area contributed by atoms with Crippen LogP contribution in [0.1, 0.15) is 24.0 Å². The van der Waals surface area contributed by atoms with Crippen molar-refractivity contribution in [2.24, 2.45) is 0 Å². The Hall–Kier alpha value is -3.27. The molecule has 162 valence electrons. The van der Waals surface area contributed by atoms with Crippen molar-refractivity contribution in [2.75, 3.05) is 6.54 Å². The van der Waals surface area contributed by atoms with E-state index in [1.54, 1.807) is 24.3 Å². The third kappa shape index (κ3) is 4.50. The number of nitriles is 1. The molecule has 1 saturated heterocycles. The van der Waals surface area contributed by atoms with Crippen LogP contribution in [-0.4, -0.2) is 33.7 Å². The van der Waals surface area contributed by atoms with Crippen LogP contribution in [0.4, 0.5) is 4.79 Å². The van der Waals surface area contributed by atoms with Gasteiger partial charge in [0.2, 0.25) is 0 Å². The molecule has 4 rings (SSSR count). The van der Waals surface area contributed by atoms with Gasteiger partial charge in [-0.1, -0.05) is 41.4 Å². The molecule has 1 aliphatic rings. The van der Waals surface area contributed by atoms with Gasteiger partial charge in [0.15, 0.2) is 0 Å². The van der Waals surface area contributed by atoms with Crippen molar-refractivity contribution in [3.63, 3.8) is 0 Å². The molecule has 0 bridgehead atoms. The molecule has 3 aromatic rings. The van der Waals surface area contributed by atoms with Crippen molar-refractivity contribution in [1.29, 1.82) is 5.26 Å². The van der Waals surface area contributed by atoms with Crippen LogP contribution in [0.5, 0.6) is 11.5 Å². The average Bonchev–Trinajstić information content (AvgIpc) is 3.26. The zero-order valence-electron chi connectivity index (χ0n) is 17.0. The van der Waals surface area contributed by atoms with Crippen molar-refractivity contribution >= 4 is 29.3 Å². The van der Waals surface area contributed by atoms with Crippen LogP contribution in [0.15, 0.2) is 54.6 Å². The number of carbonyl (C=O) groups is 1. The van der Waals surface area contributed by atoms with E-state index in [-0.39, 0.29) is 21.8 Å². The molecule has 1 unspecified atom stereocenters. The zero-order chi connectivity index (χ0) is 22.7. The van der Waals surface area contributed by atoms with Gasteiger partial charge in [0.25, 0.3) is 0 Å². The maximum atomic E-state index is 11.5. The minimum absolute atomic E-state index is 0.172. The number of likely N-dealkylation sites (tertiary alicyclic amines) is 1.